The number of hydrogen-bond acceptors (Lipinski definition) is 3. The van der Waals surface area contributed by atoms with Gasteiger partial charge in [-0.05, 0) is 37.1 Å². The molecule has 0 aliphatic carbocycles. The van der Waals surface area contributed by atoms with E-state index in [-0.39, 0.29) is 24.2 Å². The minimum Gasteiger partial charge on any atom is -0.383 e. The summed E-state index contributed by atoms with van der Waals surface area (Å²) in [5.74, 6) is -0.327. The zero-order valence-electron chi connectivity index (χ0n) is 13.4. The van der Waals surface area contributed by atoms with Crippen molar-refractivity contribution in [3.8, 4) is 0 Å². The molecule has 5 nitrogen and oxygen atoms in total. The van der Waals surface area contributed by atoms with Gasteiger partial charge in [-0.1, -0.05) is 18.0 Å². The standard InChI is InChI=1S/C17H23ClN2O3/c1-23-11-10-20-9-3-2-4-13(17(20)22)12-16(21)19-15-7-5-14(18)6-8-15/h5-8,13H,2-4,9-12H2,1H3,(H,19,21). The van der Waals surface area contributed by atoms with E-state index in [9.17, 15) is 9.59 Å². The first-order chi connectivity index (χ1) is 11.1. The molecule has 1 fully saturated rings. The number of amides is 2. The minimum atomic E-state index is -0.248. The highest BCUT2D eigenvalue weighted by Gasteiger charge is 2.28. The molecule has 1 heterocycles. The summed E-state index contributed by atoms with van der Waals surface area (Å²) in [6, 6.07) is 6.95. The molecule has 6 heteroatoms. The molecule has 1 atom stereocenters. The fraction of sp³-hybridized carbons (Fsp3) is 0.529. The van der Waals surface area contributed by atoms with E-state index < -0.39 is 0 Å². The van der Waals surface area contributed by atoms with Gasteiger partial charge in [0.05, 0.1) is 6.61 Å². The Morgan fingerprint density at radius 2 is 2.09 bits per heavy atom. The number of nitrogens with one attached hydrogen (secondary N) is 1. The van der Waals surface area contributed by atoms with E-state index in [4.69, 9.17) is 16.3 Å². The first-order valence-electron chi connectivity index (χ1n) is 7.93. The molecule has 126 valence electrons. The van der Waals surface area contributed by atoms with Gasteiger partial charge in [-0.3, -0.25) is 9.59 Å². The molecule has 1 N–H and O–H groups in total. The first-order valence-corrected chi connectivity index (χ1v) is 8.31. The second-order valence-electron chi connectivity index (χ2n) is 5.77. The van der Waals surface area contributed by atoms with Crippen molar-refractivity contribution < 1.29 is 14.3 Å². The average Bonchev–Trinajstić information content (AvgIpc) is 2.70. The van der Waals surface area contributed by atoms with Crippen LogP contribution in [-0.2, 0) is 14.3 Å². The lowest BCUT2D eigenvalue weighted by molar-refractivity contribution is -0.137. The number of ether oxygens (including phenoxy) is 1. The molecule has 1 saturated heterocycles. The molecule has 1 aliphatic rings. The molecule has 0 spiro atoms. The Kier molecular flexibility index (Phi) is 6.86. The van der Waals surface area contributed by atoms with Crippen molar-refractivity contribution in [1.82, 2.24) is 4.90 Å². The molecule has 2 amide bonds. The van der Waals surface area contributed by atoms with Crippen LogP contribution in [0.1, 0.15) is 25.7 Å². The zero-order chi connectivity index (χ0) is 16.7. The van der Waals surface area contributed by atoms with Gasteiger partial charge >= 0.3 is 0 Å². The van der Waals surface area contributed by atoms with Crippen molar-refractivity contribution >= 4 is 29.1 Å². The predicted molar refractivity (Wildman–Crippen MR) is 90.5 cm³/mol. The van der Waals surface area contributed by atoms with Gasteiger partial charge in [-0.2, -0.15) is 0 Å². The molecule has 1 aliphatic heterocycles. The number of carbonyl (C=O) groups excluding carboxylic acids is 2. The fourth-order valence-electron chi connectivity index (χ4n) is 2.77. The molecule has 1 aromatic rings. The number of likely N-dealkylation sites (tertiary alicyclic amines) is 1. The number of carbonyl (C=O) groups is 2. The summed E-state index contributed by atoms with van der Waals surface area (Å²) in [6.07, 6.45) is 2.92. The van der Waals surface area contributed by atoms with Crippen LogP contribution in [0, 0.1) is 5.92 Å². The van der Waals surface area contributed by atoms with Crippen molar-refractivity contribution in [3.63, 3.8) is 0 Å². The summed E-state index contributed by atoms with van der Waals surface area (Å²) >= 11 is 5.83. The van der Waals surface area contributed by atoms with Gasteiger partial charge in [-0.15, -0.1) is 0 Å². The lowest BCUT2D eigenvalue weighted by Gasteiger charge is -2.23. The molecule has 0 radical (unpaired) electrons. The zero-order valence-corrected chi connectivity index (χ0v) is 14.1. The lowest BCUT2D eigenvalue weighted by Crippen LogP contribution is -2.38. The summed E-state index contributed by atoms with van der Waals surface area (Å²) in [5.41, 5.74) is 0.691. The Balaban J connectivity index is 1.92. The molecule has 2 rings (SSSR count). The molecule has 1 unspecified atom stereocenters. The molecular weight excluding hydrogens is 316 g/mol. The second-order valence-corrected chi connectivity index (χ2v) is 6.21. The highest BCUT2D eigenvalue weighted by Crippen LogP contribution is 2.22. The van der Waals surface area contributed by atoms with E-state index in [1.54, 1.807) is 31.4 Å². The topological polar surface area (TPSA) is 58.6 Å². The van der Waals surface area contributed by atoms with Crippen molar-refractivity contribution in [2.24, 2.45) is 5.92 Å². The van der Waals surface area contributed by atoms with Crippen molar-refractivity contribution in [2.45, 2.75) is 25.7 Å². The van der Waals surface area contributed by atoms with Gasteiger partial charge in [0.2, 0.25) is 11.8 Å². The number of rotatable bonds is 6. The van der Waals surface area contributed by atoms with Gasteiger partial charge in [0, 0.05) is 43.2 Å². The number of methoxy groups -OCH3 is 1. The summed E-state index contributed by atoms with van der Waals surface area (Å²) in [4.78, 5) is 26.6. The van der Waals surface area contributed by atoms with Crippen molar-refractivity contribution in [2.75, 3.05) is 32.1 Å². The Morgan fingerprint density at radius 3 is 2.78 bits per heavy atom. The molecule has 1 aromatic carbocycles. The number of halogens is 1. The third-order valence-corrected chi connectivity index (χ3v) is 4.27. The normalized spacial score (nSPS) is 18.6. The molecular formula is C17H23ClN2O3. The third-order valence-electron chi connectivity index (χ3n) is 4.02. The molecule has 23 heavy (non-hydrogen) atoms. The quantitative estimate of drug-likeness (QED) is 0.867. The maximum Gasteiger partial charge on any atom is 0.226 e. The van der Waals surface area contributed by atoms with Crippen LogP contribution in [0.15, 0.2) is 24.3 Å². The SMILES string of the molecule is COCCN1CCCCC(CC(=O)Nc2ccc(Cl)cc2)C1=O. The van der Waals surface area contributed by atoms with Crippen LogP contribution >= 0.6 is 11.6 Å². The van der Waals surface area contributed by atoms with Gasteiger partial charge in [0.1, 0.15) is 0 Å². The second kappa shape index (κ2) is 8.89. The first kappa shape index (κ1) is 17.8. The highest BCUT2D eigenvalue weighted by molar-refractivity contribution is 6.30. The summed E-state index contributed by atoms with van der Waals surface area (Å²) in [7, 11) is 1.62. The van der Waals surface area contributed by atoms with Crippen LogP contribution in [0.25, 0.3) is 0 Å². The van der Waals surface area contributed by atoms with Gasteiger partial charge in [-0.25, -0.2) is 0 Å². The highest BCUT2D eigenvalue weighted by atomic mass is 35.5. The number of benzene rings is 1. The van der Waals surface area contributed by atoms with E-state index in [2.05, 4.69) is 5.32 Å². The van der Waals surface area contributed by atoms with Gasteiger partial charge in [0.15, 0.2) is 0 Å². The smallest absolute Gasteiger partial charge is 0.226 e. The Labute approximate surface area is 141 Å². The summed E-state index contributed by atoms with van der Waals surface area (Å²) < 4.78 is 5.05. The number of anilines is 1. The average molecular weight is 339 g/mol. The van der Waals surface area contributed by atoms with Crippen LogP contribution in [-0.4, -0.2) is 43.5 Å². The third kappa shape index (κ3) is 5.52. The molecule has 0 bridgehead atoms. The predicted octanol–water partition coefficient (Wildman–Crippen LogP) is 2.94. The van der Waals surface area contributed by atoms with Crippen LogP contribution in [0.2, 0.25) is 5.02 Å². The lowest BCUT2D eigenvalue weighted by atomic mass is 9.98. The molecule has 0 saturated carbocycles. The Morgan fingerprint density at radius 1 is 1.35 bits per heavy atom. The van der Waals surface area contributed by atoms with E-state index in [0.717, 1.165) is 25.8 Å². The summed E-state index contributed by atoms with van der Waals surface area (Å²) in [6.45, 7) is 1.86. The number of hydrogen-bond donors (Lipinski definition) is 1. The van der Waals surface area contributed by atoms with E-state index >= 15 is 0 Å². The van der Waals surface area contributed by atoms with Crippen LogP contribution in [0.3, 0.4) is 0 Å². The van der Waals surface area contributed by atoms with Crippen molar-refractivity contribution in [1.29, 1.82) is 0 Å². The minimum absolute atomic E-state index is 0.0609. The van der Waals surface area contributed by atoms with E-state index in [0.29, 0.717) is 23.9 Å². The number of nitrogens with zero attached hydrogens (tertiary/aromatic N) is 1. The summed E-state index contributed by atoms with van der Waals surface area (Å²) in [5, 5.41) is 3.44. The fourth-order valence-corrected chi connectivity index (χ4v) is 2.89. The van der Waals surface area contributed by atoms with Crippen LogP contribution in [0.5, 0.6) is 0 Å². The largest absolute Gasteiger partial charge is 0.383 e. The van der Waals surface area contributed by atoms with E-state index in [1.807, 2.05) is 4.90 Å². The maximum atomic E-state index is 12.6. The molecule has 0 aromatic heterocycles. The van der Waals surface area contributed by atoms with Crippen LogP contribution in [0.4, 0.5) is 5.69 Å². The van der Waals surface area contributed by atoms with E-state index in [1.165, 1.54) is 0 Å². The maximum absolute atomic E-state index is 12.6. The Hall–Kier alpha value is -1.59. The van der Waals surface area contributed by atoms with Gasteiger partial charge in [0.25, 0.3) is 0 Å². The van der Waals surface area contributed by atoms with Crippen LogP contribution < -0.4 is 5.32 Å². The van der Waals surface area contributed by atoms with Crippen molar-refractivity contribution in [3.05, 3.63) is 29.3 Å². The van der Waals surface area contributed by atoms with Gasteiger partial charge < -0.3 is 15.0 Å². The monoisotopic (exact) mass is 338 g/mol. The Bertz CT molecular complexity index is 533.